The number of ether oxygens (including phenoxy) is 1. The van der Waals surface area contributed by atoms with E-state index in [1.165, 1.54) is 7.11 Å². The van der Waals surface area contributed by atoms with E-state index in [-0.39, 0.29) is 18.1 Å². The van der Waals surface area contributed by atoms with Gasteiger partial charge in [0.2, 0.25) is 0 Å². The van der Waals surface area contributed by atoms with Crippen molar-refractivity contribution in [2.45, 2.75) is 51.3 Å². The number of esters is 1. The molecule has 0 saturated carbocycles. The highest BCUT2D eigenvalue weighted by atomic mass is 16.7. The number of carbonyl (C=O) groups is 1. The third-order valence-electron chi connectivity index (χ3n) is 3.65. The molecule has 1 aromatic carbocycles. The molecule has 0 radical (unpaired) electrons. The van der Waals surface area contributed by atoms with Crippen molar-refractivity contribution >= 4 is 5.97 Å². The van der Waals surface area contributed by atoms with Gasteiger partial charge in [-0.25, -0.2) is 0 Å². The van der Waals surface area contributed by atoms with Crippen LogP contribution < -0.4 is 0 Å². The standard InChI is InChI=1S/C16H23NO3/c1-3-4-10-14-11-15(16(18)19-2)17(20-14)12-13-8-6-5-7-9-13/h5-9,14-15H,3-4,10-12H2,1-2H3/t14-,15-/m0/s1. The van der Waals surface area contributed by atoms with E-state index in [1.54, 1.807) is 5.06 Å². The van der Waals surface area contributed by atoms with Gasteiger partial charge in [0.15, 0.2) is 0 Å². The van der Waals surface area contributed by atoms with Gasteiger partial charge in [-0.2, -0.15) is 5.06 Å². The minimum Gasteiger partial charge on any atom is -0.468 e. The molecule has 2 rings (SSSR count). The highest BCUT2D eigenvalue weighted by molar-refractivity contribution is 5.75. The van der Waals surface area contributed by atoms with Gasteiger partial charge < -0.3 is 4.74 Å². The van der Waals surface area contributed by atoms with Crippen LogP contribution in [-0.2, 0) is 20.9 Å². The number of benzene rings is 1. The summed E-state index contributed by atoms with van der Waals surface area (Å²) in [5, 5.41) is 1.78. The monoisotopic (exact) mass is 277 g/mol. The first-order chi connectivity index (χ1) is 9.74. The van der Waals surface area contributed by atoms with Crippen LogP contribution in [0.25, 0.3) is 0 Å². The van der Waals surface area contributed by atoms with E-state index in [0.717, 1.165) is 31.2 Å². The number of rotatable bonds is 6. The maximum absolute atomic E-state index is 11.9. The largest absolute Gasteiger partial charge is 0.468 e. The van der Waals surface area contributed by atoms with E-state index < -0.39 is 0 Å². The van der Waals surface area contributed by atoms with E-state index >= 15 is 0 Å². The summed E-state index contributed by atoms with van der Waals surface area (Å²) in [5.74, 6) is -0.208. The molecule has 2 atom stereocenters. The zero-order valence-electron chi connectivity index (χ0n) is 12.2. The Bertz CT molecular complexity index is 421. The van der Waals surface area contributed by atoms with E-state index in [2.05, 4.69) is 6.92 Å². The molecule has 0 aromatic heterocycles. The van der Waals surface area contributed by atoms with E-state index in [9.17, 15) is 4.79 Å². The van der Waals surface area contributed by atoms with Crippen molar-refractivity contribution in [1.29, 1.82) is 0 Å². The number of carbonyl (C=O) groups excluding carboxylic acids is 1. The summed E-state index contributed by atoms with van der Waals surface area (Å²) in [4.78, 5) is 17.8. The molecule has 0 amide bonds. The highest BCUT2D eigenvalue weighted by Crippen LogP contribution is 2.27. The van der Waals surface area contributed by atoms with Crippen molar-refractivity contribution in [2.24, 2.45) is 0 Å². The quantitative estimate of drug-likeness (QED) is 0.749. The lowest BCUT2D eigenvalue weighted by molar-refractivity contribution is -0.185. The second kappa shape index (κ2) is 7.41. The van der Waals surface area contributed by atoms with Crippen LogP contribution in [0.2, 0.25) is 0 Å². The van der Waals surface area contributed by atoms with Gasteiger partial charge >= 0.3 is 5.97 Å². The molecular formula is C16H23NO3. The average molecular weight is 277 g/mol. The zero-order valence-corrected chi connectivity index (χ0v) is 12.2. The molecular weight excluding hydrogens is 254 g/mol. The number of unbranched alkanes of at least 4 members (excludes halogenated alkanes) is 1. The average Bonchev–Trinajstić information content (AvgIpc) is 2.88. The fourth-order valence-corrected chi connectivity index (χ4v) is 2.54. The lowest BCUT2D eigenvalue weighted by Crippen LogP contribution is -2.35. The van der Waals surface area contributed by atoms with Crippen LogP contribution in [0.5, 0.6) is 0 Å². The molecule has 4 heteroatoms. The minimum atomic E-state index is -0.290. The van der Waals surface area contributed by atoms with Gasteiger partial charge in [-0.3, -0.25) is 9.63 Å². The van der Waals surface area contributed by atoms with Gasteiger partial charge in [0.1, 0.15) is 6.04 Å². The van der Waals surface area contributed by atoms with E-state index in [4.69, 9.17) is 9.57 Å². The number of hydrogen-bond acceptors (Lipinski definition) is 4. The third kappa shape index (κ3) is 3.81. The fraction of sp³-hybridized carbons (Fsp3) is 0.562. The summed E-state index contributed by atoms with van der Waals surface area (Å²) in [6.07, 6.45) is 4.11. The van der Waals surface area contributed by atoms with Gasteiger partial charge in [-0.05, 0) is 12.0 Å². The molecule has 1 saturated heterocycles. The zero-order chi connectivity index (χ0) is 14.4. The highest BCUT2D eigenvalue weighted by Gasteiger charge is 2.38. The van der Waals surface area contributed by atoms with Crippen molar-refractivity contribution in [3.05, 3.63) is 35.9 Å². The molecule has 0 unspecified atom stereocenters. The number of methoxy groups -OCH3 is 1. The maximum Gasteiger partial charge on any atom is 0.325 e. The first kappa shape index (κ1) is 15.0. The molecule has 4 nitrogen and oxygen atoms in total. The number of hydrogen-bond donors (Lipinski definition) is 0. The second-order valence-electron chi connectivity index (χ2n) is 5.21. The van der Waals surface area contributed by atoms with Crippen LogP contribution in [0.3, 0.4) is 0 Å². The summed E-state index contributed by atoms with van der Waals surface area (Å²) in [7, 11) is 1.43. The van der Waals surface area contributed by atoms with Crippen LogP contribution in [-0.4, -0.2) is 30.3 Å². The second-order valence-corrected chi connectivity index (χ2v) is 5.21. The third-order valence-corrected chi connectivity index (χ3v) is 3.65. The molecule has 20 heavy (non-hydrogen) atoms. The van der Waals surface area contributed by atoms with Crippen LogP contribution in [0.1, 0.15) is 38.2 Å². The van der Waals surface area contributed by atoms with Crippen molar-refractivity contribution in [1.82, 2.24) is 5.06 Å². The number of nitrogens with zero attached hydrogens (tertiary/aromatic N) is 1. The SMILES string of the molecule is CCCC[C@H]1C[C@@H](C(=O)OC)N(Cc2ccccc2)O1. The normalized spacial score (nSPS) is 22.9. The topological polar surface area (TPSA) is 38.8 Å². The van der Waals surface area contributed by atoms with Gasteiger partial charge in [0.25, 0.3) is 0 Å². The Morgan fingerprint density at radius 2 is 2.15 bits per heavy atom. The molecule has 1 aliphatic rings. The van der Waals surface area contributed by atoms with Gasteiger partial charge in [0, 0.05) is 6.42 Å². The lowest BCUT2D eigenvalue weighted by atomic mass is 10.1. The molecule has 0 bridgehead atoms. The first-order valence-corrected chi connectivity index (χ1v) is 7.29. The molecule has 110 valence electrons. The van der Waals surface area contributed by atoms with Crippen LogP contribution in [0, 0.1) is 0 Å². The molecule has 0 spiro atoms. The van der Waals surface area contributed by atoms with Crippen LogP contribution >= 0.6 is 0 Å². The molecule has 0 aliphatic carbocycles. The summed E-state index contributed by atoms with van der Waals surface area (Å²) in [6.45, 7) is 2.78. The predicted molar refractivity (Wildman–Crippen MR) is 76.8 cm³/mol. The molecule has 1 aromatic rings. The Kier molecular flexibility index (Phi) is 5.56. The van der Waals surface area contributed by atoms with E-state index in [0.29, 0.717) is 6.54 Å². The summed E-state index contributed by atoms with van der Waals surface area (Å²) in [5.41, 5.74) is 1.14. The lowest BCUT2D eigenvalue weighted by Gasteiger charge is -2.21. The van der Waals surface area contributed by atoms with Crippen molar-refractivity contribution in [2.75, 3.05) is 7.11 Å². The van der Waals surface area contributed by atoms with Crippen molar-refractivity contribution < 1.29 is 14.4 Å². The molecule has 1 aliphatic heterocycles. The van der Waals surface area contributed by atoms with Gasteiger partial charge in [-0.1, -0.05) is 50.1 Å². The Hall–Kier alpha value is -1.39. The van der Waals surface area contributed by atoms with Gasteiger partial charge in [0.05, 0.1) is 19.8 Å². The molecule has 1 fully saturated rings. The number of hydroxylamine groups is 2. The van der Waals surface area contributed by atoms with E-state index in [1.807, 2.05) is 30.3 Å². The summed E-state index contributed by atoms with van der Waals surface area (Å²) < 4.78 is 4.89. The van der Waals surface area contributed by atoms with Gasteiger partial charge in [-0.15, -0.1) is 0 Å². The van der Waals surface area contributed by atoms with Crippen LogP contribution in [0.15, 0.2) is 30.3 Å². The van der Waals surface area contributed by atoms with Crippen molar-refractivity contribution in [3.63, 3.8) is 0 Å². The first-order valence-electron chi connectivity index (χ1n) is 7.29. The Balaban J connectivity index is 2.01. The Morgan fingerprint density at radius 1 is 1.40 bits per heavy atom. The predicted octanol–water partition coefficient (Wildman–Crippen LogP) is 2.92. The molecule has 1 heterocycles. The summed E-state index contributed by atoms with van der Waals surface area (Å²) >= 11 is 0. The Labute approximate surface area is 120 Å². The smallest absolute Gasteiger partial charge is 0.325 e. The van der Waals surface area contributed by atoms with Crippen molar-refractivity contribution in [3.8, 4) is 0 Å². The summed E-state index contributed by atoms with van der Waals surface area (Å²) in [6, 6.07) is 9.76. The molecule has 0 N–H and O–H groups in total. The fourth-order valence-electron chi connectivity index (χ4n) is 2.54. The van der Waals surface area contributed by atoms with Crippen LogP contribution in [0.4, 0.5) is 0 Å². The maximum atomic E-state index is 11.9. The minimum absolute atomic E-state index is 0.128. The Morgan fingerprint density at radius 3 is 2.80 bits per heavy atom.